The van der Waals surface area contributed by atoms with E-state index >= 15 is 0 Å². The van der Waals surface area contributed by atoms with E-state index in [4.69, 9.17) is 4.42 Å². The summed E-state index contributed by atoms with van der Waals surface area (Å²) in [6.07, 6.45) is 4.19. The third kappa shape index (κ3) is 2.79. The van der Waals surface area contributed by atoms with Gasteiger partial charge in [-0.2, -0.15) is 0 Å². The fraction of sp³-hybridized carbons (Fsp3) is 0.190. The number of hydrogen-bond acceptors (Lipinski definition) is 4. The van der Waals surface area contributed by atoms with Crippen molar-refractivity contribution < 1.29 is 9.21 Å². The number of amides is 1. The summed E-state index contributed by atoms with van der Waals surface area (Å²) in [7, 11) is 0. The average Bonchev–Trinajstić information content (AvgIpc) is 3.30. The van der Waals surface area contributed by atoms with Gasteiger partial charge in [0.1, 0.15) is 12.8 Å². The van der Waals surface area contributed by atoms with Gasteiger partial charge in [0.25, 0.3) is 5.91 Å². The molecule has 134 valence electrons. The molecule has 1 amide bonds. The summed E-state index contributed by atoms with van der Waals surface area (Å²) >= 11 is 0. The Hall–Kier alpha value is -3.41. The Morgan fingerprint density at radius 3 is 2.74 bits per heavy atom. The number of fused-ring (bicyclic) bond motifs is 1. The van der Waals surface area contributed by atoms with Crippen LogP contribution in [0.25, 0.3) is 11.0 Å². The first-order valence-corrected chi connectivity index (χ1v) is 9.00. The van der Waals surface area contributed by atoms with Crippen LogP contribution in [0.2, 0.25) is 0 Å². The number of aromatic nitrogens is 3. The van der Waals surface area contributed by atoms with Gasteiger partial charge in [0.15, 0.2) is 5.69 Å². The van der Waals surface area contributed by atoms with E-state index in [9.17, 15) is 4.79 Å². The SMILES string of the molecule is O=C(c1coc(Cn2cnc3ccccc32)n1)N1CC[C@H]1c1ccccc1. The normalized spacial score (nSPS) is 16.4. The molecule has 0 spiro atoms. The average molecular weight is 358 g/mol. The van der Waals surface area contributed by atoms with Crippen LogP contribution in [-0.4, -0.2) is 31.9 Å². The largest absolute Gasteiger partial charge is 0.446 e. The summed E-state index contributed by atoms with van der Waals surface area (Å²) in [5.74, 6) is 0.416. The highest BCUT2D eigenvalue weighted by atomic mass is 16.3. The molecule has 1 saturated heterocycles. The number of carbonyl (C=O) groups is 1. The van der Waals surface area contributed by atoms with Crippen LogP contribution in [0.3, 0.4) is 0 Å². The third-order valence-corrected chi connectivity index (χ3v) is 5.07. The molecule has 1 aliphatic rings. The minimum absolute atomic E-state index is 0.0828. The van der Waals surface area contributed by atoms with Crippen molar-refractivity contribution in [1.82, 2.24) is 19.4 Å². The van der Waals surface area contributed by atoms with Gasteiger partial charge < -0.3 is 13.9 Å². The van der Waals surface area contributed by atoms with Crippen LogP contribution in [0.4, 0.5) is 0 Å². The van der Waals surface area contributed by atoms with E-state index in [-0.39, 0.29) is 11.9 Å². The smallest absolute Gasteiger partial charge is 0.276 e. The van der Waals surface area contributed by atoms with E-state index in [1.54, 1.807) is 6.33 Å². The fourth-order valence-electron chi connectivity index (χ4n) is 3.56. The molecule has 3 heterocycles. The highest BCUT2D eigenvalue weighted by molar-refractivity contribution is 5.92. The maximum Gasteiger partial charge on any atom is 0.276 e. The lowest BCUT2D eigenvalue weighted by Gasteiger charge is -2.40. The molecule has 0 N–H and O–H groups in total. The van der Waals surface area contributed by atoms with E-state index in [0.717, 1.165) is 29.6 Å². The Balaban J connectivity index is 1.34. The van der Waals surface area contributed by atoms with E-state index in [1.165, 1.54) is 6.26 Å². The monoisotopic (exact) mass is 358 g/mol. The molecular weight excluding hydrogens is 340 g/mol. The van der Waals surface area contributed by atoms with Crippen molar-refractivity contribution in [3.05, 3.63) is 84.3 Å². The molecule has 0 radical (unpaired) electrons. The van der Waals surface area contributed by atoms with Gasteiger partial charge in [0, 0.05) is 6.54 Å². The van der Waals surface area contributed by atoms with Gasteiger partial charge in [0.2, 0.25) is 5.89 Å². The molecule has 27 heavy (non-hydrogen) atoms. The van der Waals surface area contributed by atoms with Gasteiger partial charge in [0.05, 0.1) is 23.4 Å². The summed E-state index contributed by atoms with van der Waals surface area (Å²) in [4.78, 5) is 23.5. The van der Waals surface area contributed by atoms with Crippen LogP contribution >= 0.6 is 0 Å². The Morgan fingerprint density at radius 1 is 1.11 bits per heavy atom. The second-order valence-corrected chi connectivity index (χ2v) is 6.70. The Morgan fingerprint density at radius 2 is 1.93 bits per heavy atom. The standard InChI is InChI=1S/C21H18N4O2/c26-21(25-11-10-18(25)15-6-2-1-3-7-15)17-13-27-20(23-17)12-24-14-22-16-8-4-5-9-19(16)24/h1-9,13-14,18H,10-12H2/t18-/m0/s1. The van der Waals surface area contributed by atoms with E-state index in [0.29, 0.717) is 18.1 Å². The molecule has 1 fully saturated rings. The summed E-state index contributed by atoms with van der Waals surface area (Å²) < 4.78 is 7.52. The number of para-hydroxylation sites is 2. The van der Waals surface area contributed by atoms with Crippen molar-refractivity contribution in [2.45, 2.75) is 19.0 Å². The number of hydrogen-bond donors (Lipinski definition) is 0. The minimum Gasteiger partial charge on any atom is -0.446 e. The zero-order valence-corrected chi connectivity index (χ0v) is 14.7. The number of imidazole rings is 1. The van der Waals surface area contributed by atoms with Crippen LogP contribution in [0, 0.1) is 0 Å². The molecule has 6 heteroatoms. The summed E-state index contributed by atoms with van der Waals surface area (Å²) in [5, 5.41) is 0. The Kier molecular flexibility index (Phi) is 3.74. The quantitative estimate of drug-likeness (QED) is 0.558. The fourth-order valence-corrected chi connectivity index (χ4v) is 3.56. The molecular formula is C21H18N4O2. The molecule has 0 saturated carbocycles. The number of nitrogens with zero attached hydrogens (tertiary/aromatic N) is 4. The molecule has 0 bridgehead atoms. The lowest BCUT2D eigenvalue weighted by atomic mass is 9.94. The van der Waals surface area contributed by atoms with Crippen molar-refractivity contribution in [3.8, 4) is 0 Å². The zero-order chi connectivity index (χ0) is 18.2. The molecule has 1 atom stereocenters. The second kappa shape index (κ2) is 6.39. The van der Waals surface area contributed by atoms with E-state index < -0.39 is 0 Å². The molecule has 5 rings (SSSR count). The van der Waals surface area contributed by atoms with Gasteiger partial charge in [-0.3, -0.25) is 4.79 Å². The van der Waals surface area contributed by atoms with Crippen LogP contribution in [0.15, 0.2) is 71.6 Å². The number of benzene rings is 2. The summed E-state index contributed by atoms with van der Waals surface area (Å²) in [6, 6.07) is 18.1. The number of oxazole rings is 1. The Labute approximate surface area is 156 Å². The highest BCUT2D eigenvalue weighted by Crippen LogP contribution is 2.34. The molecule has 6 nitrogen and oxygen atoms in total. The predicted octanol–water partition coefficient (Wildman–Crippen LogP) is 3.66. The maximum absolute atomic E-state index is 12.8. The maximum atomic E-state index is 12.8. The summed E-state index contributed by atoms with van der Waals surface area (Å²) in [5.41, 5.74) is 3.45. The van der Waals surface area contributed by atoms with Crippen LogP contribution < -0.4 is 0 Å². The molecule has 1 aliphatic heterocycles. The van der Waals surface area contributed by atoms with E-state index in [2.05, 4.69) is 22.1 Å². The van der Waals surface area contributed by atoms with Gasteiger partial charge in [-0.25, -0.2) is 9.97 Å². The zero-order valence-electron chi connectivity index (χ0n) is 14.7. The van der Waals surface area contributed by atoms with Gasteiger partial charge >= 0.3 is 0 Å². The predicted molar refractivity (Wildman–Crippen MR) is 100 cm³/mol. The van der Waals surface area contributed by atoms with Crippen molar-refractivity contribution >= 4 is 16.9 Å². The topological polar surface area (TPSA) is 64.2 Å². The Bertz CT molecular complexity index is 1100. The molecule has 4 aromatic rings. The van der Waals surface area contributed by atoms with Crippen molar-refractivity contribution in [3.63, 3.8) is 0 Å². The number of carbonyl (C=O) groups excluding carboxylic acids is 1. The first-order valence-electron chi connectivity index (χ1n) is 9.00. The van der Waals surface area contributed by atoms with Crippen LogP contribution in [-0.2, 0) is 6.54 Å². The number of likely N-dealkylation sites (tertiary alicyclic amines) is 1. The van der Waals surface area contributed by atoms with Crippen molar-refractivity contribution in [2.24, 2.45) is 0 Å². The molecule has 0 unspecified atom stereocenters. The van der Waals surface area contributed by atoms with Gasteiger partial charge in [-0.05, 0) is 24.1 Å². The lowest BCUT2D eigenvalue weighted by molar-refractivity contribution is 0.0454. The lowest BCUT2D eigenvalue weighted by Crippen LogP contribution is -2.45. The first-order chi connectivity index (χ1) is 13.3. The first kappa shape index (κ1) is 15.8. The third-order valence-electron chi connectivity index (χ3n) is 5.07. The number of rotatable bonds is 4. The van der Waals surface area contributed by atoms with E-state index in [1.807, 2.05) is 51.9 Å². The molecule has 2 aromatic carbocycles. The van der Waals surface area contributed by atoms with Crippen molar-refractivity contribution in [2.75, 3.05) is 6.54 Å². The van der Waals surface area contributed by atoms with Crippen LogP contribution in [0.5, 0.6) is 0 Å². The van der Waals surface area contributed by atoms with Gasteiger partial charge in [-0.15, -0.1) is 0 Å². The van der Waals surface area contributed by atoms with Crippen LogP contribution in [0.1, 0.15) is 34.4 Å². The highest BCUT2D eigenvalue weighted by Gasteiger charge is 2.35. The second-order valence-electron chi connectivity index (χ2n) is 6.70. The van der Waals surface area contributed by atoms with Gasteiger partial charge in [-0.1, -0.05) is 42.5 Å². The van der Waals surface area contributed by atoms with Crippen molar-refractivity contribution in [1.29, 1.82) is 0 Å². The summed E-state index contributed by atoms with van der Waals surface area (Å²) in [6.45, 7) is 1.18. The molecule has 2 aromatic heterocycles. The minimum atomic E-state index is -0.0828. The molecule has 0 aliphatic carbocycles.